The van der Waals surface area contributed by atoms with Crippen LogP contribution in [0.4, 0.5) is 4.39 Å². The molecular weight excluding hydrogens is 201 g/mol. The van der Waals surface area contributed by atoms with Gasteiger partial charge in [0.1, 0.15) is 0 Å². The van der Waals surface area contributed by atoms with Crippen LogP contribution in [0.3, 0.4) is 0 Å². The summed E-state index contributed by atoms with van der Waals surface area (Å²) in [5, 5.41) is 9.54. The fourth-order valence-corrected chi connectivity index (χ4v) is 1.23. The molecule has 5 heteroatoms. The Bertz CT molecular complexity index is 379. The van der Waals surface area contributed by atoms with Crippen molar-refractivity contribution in [2.24, 2.45) is 5.73 Å². The minimum absolute atomic E-state index is 0.0266. The second kappa shape index (κ2) is 4.75. The Labute approximate surface area is 86.5 Å². The van der Waals surface area contributed by atoms with E-state index >= 15 is 0 Å². The zero-order valence-electron chi connectivity index (χ0n) is 8.29. The second-order valence-electron chi connectivity index (χ2n) is 2.94. The number of aromatic hydroxyl groups is 1. The van der Waals surface area contributed by atoms with Crippen LogP contribution in [0.25, 0.3) is 0 Å². The van der Waals surface area contributed by atoms with E-state index in [9.17, 15) is 14.3 Å². The number of halogens is 1. The Balaban J connectivity index is 3.15. The van der Waals surface area contributed by atoms with Crippen molar-refractivity contribution < 1.29 is 19.0 Å². The topological polar surface area (TPSA) is 72.5 Å². The van der Waals surface area contributed by atoms with Crippen LogP contribution in [0.5, 0.6) is 11.5 Å². The van der Waals surface area contributed by atoms with Gasteiger partial charge in [0, 0.05) is 6.42 Å². The fourth-order valence-electron chi connectivity index (χ4n) is 1.23. The summed E-state index contributed by atoms with van der Waals surface area (Å²) in [6.07, 6.45) is 0.0996. The predicted octanol–water partition coefficient (Wildman–Crippen LogP) is 1.07. The molecule has 0 amide bonds. The molecule has 0 bridgehead atoms. The van der Waals surface area contributed by atoms with Crippen molar-refractivity contribution in [3.05, 3.63) is 23.5 Å². The number of nitrogens with two attached hydrogens (primary N) is 1. The number of ketones is 1. The van der Waals surface area contributed by atoms with Crippen LogP contribution in [-0.2, 0) is 0 Å². The highest BCUT2D eigenvalue weighted by atomic mass is 19.1. The lowest BCUT2D eigenvalue weighted by atomic mass is 10.1. The summed E-state index contributed by atoms with van der Waals surface area (Å²) in [4.78, 5) is 11.4. The van der Waals surface area contributed by atoms with Crippen molar-refractivity contribution in [3.63, 3.8) is 0 Å². The fraction of sp³-hybridized carbons (Fsp3) is 0.300. The first-order valence-corrected chi connectivity index (χ1v) is 4.40. The molecule has 15 heavy (non-hydrogen) atoms. The van der Waals surface area contributed by atoms with Crippen molar-refractivity contribution in [1.29, 1.82) is 0 Å². The maximum Gasteiger partial charge on any atom is 0.197 e. The number of benzene rings is 1. The molecule has 0 aliphatic rings. The Morgan fingerprint density at radius 1 is 1.60 bits per heavy atom. The molecule has 0 aliphatic carbocycles. The Kier molecular flexibility index (Phi) is 3.62. The summed E-state index contributed by atoms with van der Waals surface area (Å²) in [5.74, 6) is -1.85. The molecule has 0 atom stereocenters. The molecular formula is C10H12FNO3. The zero-order valence-corrected chi connectivity index (χ0v) is 8.29. The maximum atomic E-state index is 13.1. The number of phenolic OH excluding ortho intramolecular Hbond substituents is 1. The van der Waals surface area contributed by atoms with E-state index in [0.29, 0.717) is 0 Å². The van der Waals surface area contributed by atoms with Gasteiger partial charge in [-0.2, -0.15) is 0 Å². The quantitative estimate of drug-likeness (QED) is 0.734. The summed E-state index contributed by atoms with van der Waals surface area (Å²) in [5.41, 5.74) is 5.24. The average Bonchev–Trinajstić information content (AvgIpc) is 2.18. The number of Topliss-reactive ketones (excluding diaryl/α,β-unsaturated/α-hetero) is 1. The van der Waals surface area contributed by atoms with Gasteiger partial charge in [0.15, 0.2) is 23.1 Å². The predicted molar refractivity (Wildman–Crippen MR) is 52.6 cm³/mol. The van der Waals surface area contributed by atoms with Crippen LogP contribution in [-0.4, -0.2) is 24.5 Å². The summed E-state index contributed by atoms with van der Waals surface area (Å²) in [7, 11) is 1.22. The van der Waals surface area contributed by atoms with Gasteiger partial charge in [-0.1, -0.05) is 0 Å². The van der Waals surface area contributed by atoms with E-state index in [4.69, 9.17) is 5.73 Å². The molecule has 0 radical (unpaired) electrons. The third kappa shape index (κ3) is 2.24. The molecule has 4 nitrogen and oxygen atoms in total. The lowest BCUT2D eigenvalue weighted by Crippen LogP contribution is -2.08. The third-order valence-corrected chi connectivity index (χ3v) is 1.96. The smallest absolute Gasteiger partial charge is 0.197 e. The van der Waals surface area contributed by atoms with Gasteiger partial charge in [0.05, 0.1) is 12.7 Å². The van der Waals surface area contributed by atoms with Crippen LogP contribution in [0, 0.1) is 5.82 Å². The van der Waals surface area contributed by atoms with E-state index in [1.807, 2.05) is 0 Å². The Morgan fingerprint density at radius 3 is 2.80 bits per heavy atom. The first-order chi connectivity index (χ1) is 7.11. The van der Waals surface area contributed by atoms with Crippen LogP contribution in [0.15, 0.2) is 12.1 Å². The number of carbonyl (C=O) groups is 1. The summed E-state index contributed by atoms with van der Waals surface area (Å²) in [6.45, 7) is 0.179. The van der Waals surface area contributed by atoms with Gasteiger partial charge in [-0.25, -0.2) is 4.39 Å². The van der Waals surface area contributed by atoms with E-state index in [-0.39, 0.29) is 30.1 Å². The molecule has 82 valence electrons. The Hall–Kier alpha value is -1.62. The van der Waals surface area contributed by atoms with Crippen molar-refractivity contribution in [2.75, 3.05) is 13.7 Å². The van der Waals surface area contributed by atoms with Gasteiger partial charge < -0.3 is 15.6 Å². The maximum absolute atomic E-state index is 13.1. The normalized spacial score (nSPS) is 10.1. The third-order valence-electron chi connectivity index (χ3n) is 1.96. The van der Waals surface area contributed by atoms with Crippen LogP contribution in [0.1, 0.15) is 16.8 Å². The molecule has 0 saturated carbocycles. The minimum Gasteiger partial charge on any atom is -0.504 e. The van der Waals surface area contributed by atoms with Crippen molar-refractivity contribution in [1.82, 2.24) is 0 Å². The second-order valence-corrected chi connectivity index (χ2v) is 2.94. The first-order valence-electron chi connectivity index (χ1n) is 4.40. The van der Waals surface area contributed by atoms with Crippen LogP contribution >= 0.6 is 0 Å². The van der Waals surface area contributed by atoms with Crippen molar-refractivity contribution in [3.8, 4) is 11.5 Å². The van der Waals surface area contributed by atoms with E-state index < -0.39 is 11.6 Å². The highest BCUT2D eigenvalue weighted by molar-refractivity contribution is 5.99. The van der Waals surface area contributed by atoms with E-state index in [0.717, 1.165) is 6.07 Å². The van der Waals surface area contributed by atoms with E-state index in [1.165, 1.54) is 13.2 Å². The Morgan fingerprint density at radius 2 is 2.27 bits per heavy atom. The molecule has 0 saturated heterocycles. The summed E-state index contributed by atoms with van der Waals surface area (Å²) < 4.78 is 17.7. The minimum atomic E-state index is -0.709. The molecule has 0 fully saturated rings. The number of hydrogen-bond acceptors (Lipinski definition) is 4. The standard InChI is InChI=1S/C10H12FNO3/c1-15-10-7(11)3-2-6(9(10)14)8(13)4-5-12/h2-3,14H,4-5,12H2,1H3. The molecule has 1 aromatic rings. The highest BCUT2D eigenvalue weighted by Crippen LogP contribution is 2.33. The average molecular weight is 213 g/mol. The number of ether oxygens (including phenoxy) is 1. The van der Waals surface area contributed by atoms with Crippen LogP contribution < -0.4 is 10.5 Å². The number of phenols is 1. The molecule has 0 heterocycles. The van der Waals surface area contributed by atoms with Gasteiger partial charge >= 0.3 is 0 Å². The summed E-state index contributed by atoms with van der Waals surface area (Å²) >= 11 is 0. The lowest BCUT2D eigenvalue weighted by molar-refractivity contribution is 0.0982. The molecule has 1 aromatic carbocycles. The monoisotopic (exact) mass is 213 g/mol. The number of methoxy groups -OCH3 is 1. The van der Waals surface area contributed by atoms with Gasteiger partial charge in [0.25, 0.3) is 0 Å². The molecule has 0 spiro atoms. The van der Waals surface area contributed by atoms with Gasteiger partial charge in [-0.05, 0) is 18.7 Å². The molecule has 0 unspecified atom stereocenters. The van der Waals surface area contributed by atoms with Crippen LogP contribution in [0.2, 0.25) is 0 Å². The van der Waals surface area contributed by atoms with E-state index in [2.05, 4.69) is 4.74 Å². The zero-order chi connectivity index (χ0) is 11.4. The number of carbonyl (C=O) groups excluding carboxylic acids is 1. The largest absolute Gasteiger partial charge is 0.504 e. The SMILES string of the molecule is COc1c(F)ccc(C(=O)CCN)c1O. The first kappa shape index (κ1) is 11.5. The highest BCUT2D eigenvalue weighted by Gasteiger charge is 2.17. The van der Waals surface area contributed by atoms with Crippen molar-refractivity contribution >= 4 is 5.78 Å². The molecule has 0 aromatic heterocycles. The number of rotatable bonds is 4. The van der Waals surface area contributed by atoms with Gasteiger partial charge in [0.2, 0.25) is 0 Å². The lowest BCUT2D eigenvalue weighted by Gasteiger charge is -2.08. The van der Waals surface area contributed by atoms with E-state index in [1.54, 1.807) is 0 Å². The van der Waals surface area contributed by atoms with Gasteiger partial charge in [-0.15, -0.1) is 0 Å². The molecule has 3 N–H and O–H groups in total. The molecule has 1 rings (SSSR count). The molecule has 0 aliphatic heterocycles. The van der Waals surface area contributed by atoms with Crippen molar-refractivity contribution in [2.45, 2.75) is 6.42 Å². The van der Waals surface area contributed by atoms with Gasteiger partial charge in [-0.3, -0.25) is 4.79 Å². The summed E-state index contributed by atoms with van der Waals surface area (Å²) in [6, 6.07) is 2.29. The number of hydrogen-bond donors (Lipinski definition) is 2.